The van der Waals surface area contributed by atoms with Crippen LogP contribution in [0.5, 0.6) is 0 Å². The molecule has 1 aliphatic heterocycles. The normalized spacial score (nSPS) is 21.2. The Labute approximate surface area is 125 Å². The van der Waals surface area contributed by atoms with E-state index in [0.29, 0.717) is 3.57 Å². The Morgan fingerprint density at radius 3 is 2.63 bits per heavy atom. The van der Waals surface area contributed by atoms with Gasteiger partial charge in [0.25, 0.3) is 0 Å². The lowest BCUT2D eigenvalue weighted by Crippen LogP contribution is -2.42. The fraction of sp³-hybridized carbons (Fsp3) is 0.200. The van der Waals surface area contributed by atoms with Crippen LogP contribution in [0.25, 0.3) is 0 Å². The SMILES string of the molecule is CC1(c2ccccc2)CNc2cc(I)c(F)cc2N1. The molecule has 0 bridgehead atoms. The average Bonchev–Trinajstić information content (AvgIpc) is 2.42. The summed E-state index contributed by atoms with van der Waals surface area (Å²) < 4.78 is 14.3. The van der Waals surface area contributed by atoms with Crippen LogP contribution in [0.15, 0.2) is 42.5 Å². The average molecular weight is 368 g/mol. The molecule has 0 radical (unpaired) electrons. The molecule has 2 N–H and O–H groups in total. The molecule has 0 fully saturated rings. The van der Waals surface area contributed by atoms with Crippen molar-refractivity contribution in [3.05, 3.63) is 57.4 Å². The van der Waals surface area contributed by atoms with E-state index in [0.717, 1.165) is 17.9 Å². The van der Waals surface area contributed by atoms with Crippen LogP contribution >= 0.6 is 22.6 Å². The number of halogens is 2. The van der Waals surface area contributed by atoms with E-state index in [2.05, 4.69) is 29.7 Å². The molecule has 19 heavy (non-hydrogen) atoms. The molecule has 0 saturated heterocycles. The Balaban J connectivity index is 2.00. The van der Waals surface area contributed by atoms with Gasteiger partial charge < -0.3 is 10.6 Å². The molecule has 2 aromatic carbocycles. The summed E-state index contributed by atoms with van der Waals surface area (Å²) in [4.78, 5) is 0. The van der Waals surface area contributed by atoms with Crippen LogP contribution in [0, 0.1) is 9.39 Å². The van der Waals surface area contributed by atoms with Gasteiger partial charge in [0.2, 0.25) is 0 Å². The zero-order chi connectivity index (χ0) is 13.5. The summed E-state index contributed by atoms with van der Waals surface area (Å²) in [6.45, 7) is 2.89. The molecular formula is C15H14FIN2. The maximum absolute atomic E-state index is 13.7. The van der Waals surface area contributed by atoms with Crippen molar-refractivity contribution in [3.8, 4) is 0 Å². The third-order valence-corrected chi connectivity index (χ3v) is 4.34. The first-order valence-electron chi connectivity index (χ1n) is 6.15. The Kier molecular flexibility index (Phi) is 3.12. The van der Waals surface area contributed by atoms with E-state index in [-0.39, 0.29) is 11.4 Å². The van der Waals surface area contributed by atoms with Gasteiger partial charge in [0.05, 0.1) is 20.5 Å². The summed E-state index contributed by atoms with van der Waals surface area (Å²) in [5.41, 5.74) is 2.73. The lowest BCUT2D eigenvalue weighted by molar-refractivity contribution is 0.561. The zero-order valence-electron chi connectivity index (χ0n) is 10.5. The smallest absolute Gasteiger partial charge is 0.138 e. The van der Waals surface area contributed by atoms with Crippen LogP contribution in [-0.4, -0.2) is 6.54 Å². The first-order valence-corrected chi connectivity index (χ1v) is 7.23. The van der Waals surface area contributed by atoms with Crippen molar-refractivity contribution in [3.63, 3.8) is 0 Å². The highest BCUT2D eigenvalue weighted by Crippen LogP contribution is 2.37. The zero-order valence-corrected chi connectivity index (χ0v) is 12.7. The van der Waals surface area contributed by atoms with Gasteiger partial charge in [0, 0.05) is 12.6 Å². The maximum atomic E-state index is 13.7. The molecule has 1 aliphatic rings. The van der Waals surface area contributed by atoms with E-state index >= 15 is 0 Å². The molecule has 0 spiro atoms. The van der Waals surface area contributed by atoms with Gasteiger partial charge in [0.15, 0.2) is 0 Å². The Bertz CT molecular complexity index is 615. The van der Waals surface area contributed by atoms with Gasteiger partial charge >= 0.3 is 0 Å². The van der Waals surface area contributed by atoms with Crippen molar-refractivity contribution in [1.82, 2.24) is 0 Å². The summed E-state index contributed by atoms with van der Waals surface area (Å²) in [5, 5.41) is 6.84. The molecule has 98 valence electrons. The van der Waals surface area contributed by atoms with E-state index in [1.54, 1.807) is 6.07 Å². The minimum atomic E-state index is -0.229. The molecular weight excluding hydrogens is 354 g/mol. The second-order valence-electron chi connectivity index (χ2n) is 4.99. The van der Waals surface area contributed by atoms with Crippen molar-refractivity contribution >= 4 is 34.0 Å². The number of hydrogen-bond acceptors (Lipinski definition) is 2. The molecule has 0 amide bonds. The van der Waals surface area contributed by atoms with E-state index in [4.69, 9.17) is 0 Å². The molecule has 1 heterocycles. The number of anilines is 2. The van der Waals surface area contributed by atoms with E-state index in [1.165, 1.54) is 5.56 Å². The molecule has 0 saturated carbocycles. The van der Waals surface area contributed by atoms with Crippen molar-refractivity contribution in [2.24, 2.45) is 0 Å². The van der Waals surface area contributed by atoms with E-state index in [9.17, 15) is 4.39 Å². The molecule has 4 heteroatoms. The van der Waals surface area contributed by atoms with Gasteiger partial charge in [-0.2, -0.15) is 0 Å². The minimum absolute atomic E-state index is 0.189. The number of nitrogens with one attached hydrogen (secondary N) is 2. The monoisotopic (exact) mass is 368 g/mol. The molecule has 2 aromatic rings. The summed E-state index contributed by atoms with van der Waals surface area (Å²) in [7, 11) is 0. The van der Waals surface area contributed by atoms with Gasteiger partial charge in [-0.1, -0.05) is 30.3 Å². The van der Waals surface area contributed by atoms with Crippen molar-refractivity contribution in [2.75, 3.05) is 17.2 Å². The van der Waals surface area contributed by atoms with Gasteiger partial charge in [-0.3, -0.25) is 0 Å². The lowest BCUT2D eigenvalue weighted by atomic mass is 9.89. The first-order chi connectivity index (χ1) is 9.08. The van der Waals surface area contributed by atoms with Crippen LogP contribution < -0.4 is 10.6 Å². The van der Waals surface area contributed by atoms with Crippen LogP contribution in [0.1, 0.15) is 12.5 Å². The second kappa shape index (κ2) is 4.67. The Hall–Kier alpha value is -1.30. The molecule has 0 aromatic heterocycles. The van der Waals surface area contributed by atoms with Gasteiger partial charge in [-0.25, -0.2) is 4.39 Å². The topological polar surface area (TPSA) is 24.1 Å². The number of hydrogen-bond donors (Lipinski definition) is 2. The van der Waals surface area contributed by atoms with Crippen LogP contribution in [0.4, 0.5) is 15.8 Å². The highest BCUT2D eigenvalue weighted by Gasteiger charge is 2.31. The van der Waals surface area contributed by atoms with Crippen LogP contribution in [0.2, 0.25) is 0 Å². The van der Waals surface area contributed by atoms with E-state index < -0.39 is 0 Å². The van der Waals surface area contributed by atoms with Gasteiger partial charge in [-0.15, -0.1) is 0 Å². The highest BCUT2D eigenvalue weighted by atomic mass is 127. The standard InChI is InChI=1S/C15H14FIN2/c1-15(10-5-3-2-4-6-10)9-18-13-8-12(17)11(16)7-14(13)19-15/h2-8,18-19H,9H2,1H3. The predicted molar refractivity (Wildman–Crippen MR) is 85.0 cm³/mol. The molecule has 1 unspecified atom stereocenters. The van der Waals surface area contributed by atoms with Crippen molar-refractivity contribution < 1.29 is 4.39 Å². The third-order valence-electron chi connectivity index (χ3n) is 3.51. The van der Waals surface area contributed by atoms with Crippen molar-refractivity contribution in [2.45, 2.75) is 12.5 Å². The molecule has 1 atom stereocenters. The Morgan fingerprint density at radius 1 is 1.16 bits per heavy atom. The van der Waals surface area contributed by atoms with Gasteiger partial charge in [-0.05, 0) is 41.1 Å². The highest BCUT2D eigenvalue weighted by molar-refractivity contribution is 14.1. The lowest BCUT2D eigenvalue weighted by Gasteiger charge is -2.38. The van der Waals surface area contributed by atoms with Crippen LogP contribution in [-0.2, 0) is 5.54 Å². The summed E-state index contributed by atoms with van der Waals surface area (Å²) in [6, 6.07) is 13.6. The predicted octanol–water partition coefficient (Wildman–Crippen LogP) is 4.18. The van der Waals surface area contributed by atoms with Crippen molar-refractivity contribution in [1.29, 1.82) is 0 Å². The fourth-order valence-electron chi connectivity index (χ4n) is 2.39. The second-order valence-corrected chi connectivity index (χ2v) is 6.15. The molecule has 2 nitrogen and oxygen atoms in total. The van der Waals surface area contributed by atoms with Gasteiger partial charge in [0.1, 0.15) is 5.82 Å². The quantitative estimate of drug-likeness (QED) is 0.738. The fourth-order valence-corrected chi connectivity index (χ4v) is 2.86. The number of rotatable bonds is 1. The largest absolute Gasteiger partial charge is 0.381 e. The van der Waals surface area contributed by atoms with E-state index in [1.807, 2.05) is 46.9 Å². The summed E-state index contributed by atoms with van der Waals surface area (Å²) in [6.07, 6.45) is 0. The van der Waals surface area contributed by atoms with Crippen LogP contribution in [0.3, 0.4) is 0 Å². The number of fused-ring (bicyclic) bond motifs is 1. The molecule has 0 aliphatic carbocycles. The third kappa shape index (κ3) is 2.29. The summed E-state index contributed by atoms with van der Waals surface area (Å²) in [5.74, 6) is -0.189. The Morgan fingerprint density at radius 2 is 1.89 bits per heavy atom. The first kappa shape index (κ1) is 12.7. The summed E-state index contributed by atoms with van der Waals surface area (Å²) >= 11 is 2.01. The maximum Gasteiger partial charge on any atom is 0.138 e. The minimum Gasteiger partial charge on any atom is -0.381 e. The molecule has 3 rings (SSSR count). The number of benzene rings is 2.